The number of benzene rings is 1. The van der Waals surface area contributed by atoms with E-state index in [9.17, 15) is 12.8 Å². The van der Waals surface area contributed by atoms with E-state index in [2.05, 4.69) is 4.72 Å². The van der Waals surface area contributed by atoms with E-state index in [0.29, 0.717) is 12.0 Å². The third-order valence-electron chi connectivity index (χ3n) is 2.55. The summed E-state index contributed by atoms with van der Waals surface area (Å²) in [5, 5.41) is 8.83. The van der Waals surface area contributed by atoms with Crippen LogP contribution < -0.4 is 4.72 Å². The van der Waals surface area contributed by atoms with Crippen LogP contribution in [0, 0.1) is 12.7 Å². The smallest absolute Gasteiger partial charge is 0.271 e. The first-order valence-electron chi connectivity index (χ1n) is 5.90. The van der Waals surface area contributed by atoms with E-state index in [-0.39, 0.29) is 16.5 Å². The van der Waals surface area contributed by atoms with Crippen LogP contribution in [0.15, 0.2) is 34.5 Å². The molecule has 0 saturated carbocycles. The Hall–Kier alpha value is -1.44. The average Bonchev–Trinajstić information content (AvgIpc) is 2.76. The third-order valence-corrected chi connectivity index (χ3v) is 5.57. The van der Waals surface area contributed by atoms with Gasteiger partial charge in [0.05, 0.1) is 5.69 Å². The molecule has 0 fully saturated rings. The molecule has 4 nitrogen and oxygen atoms in total. The SMILES string of the molecule is Cc1cc(F)cc(NS(=O)(=O)c2ccc(CCO)s2)c1. The van der Waals surface area contributed by atoms with Crippen molar-refractivity contribution in [3.8, 4) is 0 Å². The quantitative estimate of drug-likeness (QED) is 0.891. The van der Waals surface area contributed by atoms with Crippen molar-refractivity contribution in [2.24, 2.45) is 0 Å². The number of anilines is 1. The molecule has 2 N–H and O–H groups in total. The number of aliphatic hydroxyl groups excluding tert-OH is 1. The van der Waals surface area contributed by atoms with Crippen molar-refractivity contribution in [1.82, 2.24) is 0 Å². The summed E-state index contributed by atoms with van der Waals surface area (Å²) in [5.74, 6) is -0.491. The summed E-state index contributed by atoms with van der Waals surface area (Å²) in [4.78, 5) is 0.781. The summed E-state index contributed by atoms with van der Waals surface area (Å²) in [7, 11) is -3.72. The zero-order valence-corrected chi connectivity index (χ0v) is 12.4. The summed E-state index contributed by atoms with van der Waals surface area (Å²) in [6, 6.07) is 7.15. The molecular formula is C13H14FNO3S2. The minimum atomic E-state index is -3.72. The van der Waals surface area contributed by atoms with E-state index in [1.54, 1.807) is 19.1 Å². The number of hydrogen-bond donors (Lipinski definition) is 2. The van der Waals surface area contributed by atoms with Crippen molar-refractivity contribution < 1.29 is 17.9 Å². The first-order valence-corrected chi connectivity index (χ1v) is 8.20. The fourth-order valence-corrected chi connectivity index (χ4v) is 4.13. The molecule has 1 heterocycles. The largest absolute Gasteiger partial charge is 0.396 e. The zero-order chi connectivity index (χ0) is 14.8. The topological polar surface area (TPSA) is 66.4 Å². The van der Waals surface area contributed by atoms with Gasteiger partial charge in [0.1, 0.15) is 10.0 Å². The monoisotopic (exact) mass is 315 g/mol. The van der Waals surface area contributed by atoms with E-state index >= 15 is 0 Å². The predicted octanol–water partition coefficient (Wildman–Crippen LogP) is 2.53. The molecule has 2 aromatic rings. The summed E-state index contributed by atoms with van der Waals surface area (Å²) in [5.41, 5.74) is 0.828. The van der Waals surface area contributed by atoms with Gasteiger partial charge in [-0.2, -0.15) is 0 Å². The van der Waals surface area contributed by atoms with Gasteiger partial charge in [-0.05, 0) is 42.8 Å². The fourth-order valence-electron chi connectivity index (χ4n) is 1.75. The van der Waals surface area contributed by atoms with Crippen LogP contribution in [0.25, 0.3) is 0 Å². The lowest BCUT2D eigenvalue weighted by molar-refractivity contribution is 0.300. The molecule has 0 amide bonds. The summed E-state index contributed by atoms with van der Waals surface area (Å²) < 4.78 is 40.1. The molecule has 0 spiro atoms. The maximum Gasteiger partial charge on any atom is 0.271 e. The van der Waals surface area contributed by atoms with Crippen LogP contribution in [0.5, 0.6) is 0 Å². The standard InChI is InChI=1S/C13H14FNO3S2/c1-9-6-10(14)8-11(7-9)15-20(17,18)13-3-2-12(19-13)4-5-16/h2-3,6-8,15-16H,4-5H2,1H3. The van der Waals surface area contributed by atoms with E-state index in [0.717, 1.165) is 22.3 Å². The highest BCUT2D eigenvalue weighted by atomic mass is 32.2. The second kappa shape index (κ2) is 5.90. The molecule has 0 unspecified atom stereocenters. The predicted molar refractivity (Wildman–Crippen MR) is 77.1 cm³/mol. The van der Waals surface area contributed by atoms with Crippen LogP contribution in [-0.4, -0.2) is 20.1 Å². The van der Waals surface area contributed by atoms with Gasteiger partial charge in [0.2, 0.25) is 0 Å². The molecular weight excluding hydrogens is 301 g/mol. The van der Waals surface area contributed by atoms with Gasteiger partial charge < -0.3 is 5.11 Å². The summed E-state index contributed by atoms with van der Waals surface area (Å²) >= 11 is 1.09. The average molecular weight is 315 g/mol. The Morgan fingerprint density at radius 2 is 2.05 bits per heavy atom. The Labute approximate surface area is 120 Å². The molecule has 1 aromatic carbocycles. The van der Waals surface area contributed by atoms with Crippen LogP contribution >= 0.6 is 11.3 Å². The minimum absolute atomic E-state index is 0.0312. The molecule has 7 heteroatoms. The number of hydrogen-bond acceptors (Lipinski definition) is 4. The van der Waals surface area contributed by atoms with Crippen molar-refractivity contribution in [3.05, 3.63) is 46.6 Å². The summed E-state index contributed by atoms with van der Waals surface area (Å²) in [6.45, 7) is 1.65. The van der Waals surface area contributed by atoms with Crippen LogP contribution in [0.2, 0.25) is 0 Å². The lowest BCUT2D eigenvalue weighted by atomic mass is 10.2. The highest BCUT2D eigenvalue weighted by Crippen LogP contribution is 2.25. The van der Waals surface area contributed by atoms with Crippen LogP contribution in [0.4, 0.5) is 10.1 Å². The molecule has 0 saturated heterocycles. The second-order valence-electron chi connectivity index (χ2n) is 4.32. The van der Waals surface area contributed by atoms with Crippen molar-refractivity contribution in [1.29, 1.82) is 0 Å². The number of thiophene rings is 1. The number of sulfonamides is 1. The third kappa shape index (κ3) is 3.56. The lowest BCUT2D eigenvalue weighted by Crippen LogP contribution is -2.11. The molecule has 20 heavy (non-hydrogen) atoms. The van der Waals surface area contributed by atoms with Gasteiger partial charge in [0.25, 0.3) is 10.0 Å². The van der Waals surface area contributed by atoms with Gasteiger partial charge in [-0.15, -0.1) is 11.3 Å². The van der Waals surface area contributed by atoms with Crippen LogP contribution in [0.1, 0.15) is 10.4 Å². The summed E-state index contributed by atoms with van der Waals surface area (Å²) in [6.07, 6.45) is 0.416. The van der Waals surface area contributed by atoms with E-state index < -0.39 is 15.8 Å². The van der Waals surface area contributed by atoms with Crippen LogP contribution in [-0.2, 0) is 16.4 Å². The Kier molecular flexibility index (Phi) is 4.42. The van der Waals surface area contributed by atoms with Gasteiger partial charge in [-0.1, -0.05) is 0 Å². The van der Waals surface area contributed by atoms with Gasteiger partial charge in [0, 0.05) is 17.9 Å². The van der Waals surface area contributed by atoms with E-state index in [1.807, 2.05) is 0 Å². The van der Waals surface area contributed by atoms with Crippen LogP contribution in [0.3, 0.4) is 0 Å². The normalized spacial score (nSPS) is 11.6. The molecule has 0 aliphatic carbocycles. The fraction of sp³-hybridized carbons (Fsp3) is 0.231. The second-order valence-corrected chi connectivity index (χ2v) is 7.39. The Morgan fingerprint density at radius 3 is 2.70 bits per heavy atom. The number of rotatable bonds is 5. The molecule has 0 radical (unpaired) electrons. The van der Waals surface area contributed by atoms with Crippen molar-refractivity contribution >= 4 is 27.0 Å². The number of halogens is 1. The Bertz CT molecular complexity index is 690. The minimum Gasteiger partial charge on any atom is -0.396 e. The maximum absolute atomic E-state index is 13.3. The highest BCUT2D eigenvalue weighted by molar-refractivity contribution is 7.94. The Balaban J connectivity index is 2.25. The molecule has 1 aromatic heterocycles. The first-order chi connectivity index (χ1) is 9.40. The Morgan fingerprint density at radius 1 is 1.30 bits per heavy atom. The zero-order valence-electron chi connectivity index (χ0n) is 10.8. The van der Waals surface area contributed by atoms with Crippen molar-refractivity contribution in [2.75, 3.05) is 11.3 Å². The number of aliphatic hydroxyl groups is 1. The van der Waals surface area contributed by atoms with Gasteiger partial charge in [-0.3, -0.25) is 4.72 Å². The van der Waals surface area contributed by atoms with E-state index in [4.69, 9.17) is 5.11 Å². The molecule has 108 valence electrons. The molecule has 0 bridgehead atoms. The first kappa shape index (κ1) is 15.0. The highest BCUT2D eigenvalue weighted by Gasteiger charge is 2.17. The lowest BCUT2D eigenvalue weighted by Gasteiger charge is -2.07. The van der Waals surface area contributed by atoms with Gasteiger partial charge >= 0.3 is 0 Å². The van der Waals surface area contributed by atoms with E-state index in [1.165, 1.54) is 12.1 Å². The molecule has 0 aliphatic heterocycles. The molecule has 0 aliphatic rings. The molecule has 2 rings (SSSR count). The van der Waals surface area contributed by atoms with Crippen molar-refractivity contribution in [3.63, 3.8) is 0 Å². The van der Waals surface area contributed by atoms with Gasteiger partial charge in [0.15, 0.2) is 0 Å². The molecule has 0 atom stereocenters. The number of aryl methyl sites for hydroxylation is 1. The van der Waals surface area contributed by atoms with Crippen molar-refractivity contribution in [2.45, 2.75) is 17.6 Å². The van der Waals surface area contributed by atoms with Gasteiger partial charge in [-0.25, -0.2) is 12.8 Å². The number of nitrogens with one attached hydrogen (secondary N) is 1. The maximum atomic E-state index is 13.3.